The van der Waals surface area contributed by atoms with Crippen LogP contribution in [0.1, 0.15) is 5.82 Å². The number of para-hydroxylation sites is 1. The molecule has 1 aromatic carbocycles. The van der Waals surface area contributed by atoms with E-state index in [1.54, 1.807) is 44.1 Å². The Kier molecular flexibility index (Phi) is 3.92. The first-order chi connectivity index (χ1) is 9.31. The Morgan fingerprint density at radius 3 is 2.60 bits per heavy atom. The topological polar surface area (TPSA) is 78.1 Å². The maximum Gasteiger partial charge on any atom is 0.279 e. The molecule has 2 aromatic rings. The second kappa shape index (κ2) is 5.34. The van der Waals surface area contributed by atoms with Gasteiger partial charge in [0, 0.05) is 14.1 Å². The number of anilines is 2. The first kappa shape index (κ1) is 14.7. The van der Waals surface area contributed by atoms with Gasteiger partial charge >= 0.3 is 0 Å². The number of aromatic nitrogens is 2. The summed E-state index contributed by atoms with van der Waals surface area (Å²) in [5, 5.41) is 0.482. The average Bonchev–Trinajstić information content (AvgIpc) is 2.75. The molecule has 1 aromatic heterocycles. The first-order valence-electron chi connectivity index (χ1n) is 5.81. The van der Waals surface area contributed by atoms with Crippen molar-refractivity contribution in [2.45, 2.75) is 11.9 Å². The molecule has 0 amide bonds. The Balaban J connectivity index is 2.42. The third-order valence-corrected chi connectivity index (χ3v) is 4.23. The zero-order chi connectivity index (χ0) is 14.9. The molecule has 0 aliphatic carbocycles. The molecule has 6 nitrogen and oxygen atoms in total. The van der Waals surface area contributed by atoms with Gasteiger partial charge in [0.15, 0.2) is 5.03 Å². The minimum Gasteiger partial charge on any atom is -0.375 e. The van der Waals surface area contributed by atoms with Gasteiger partial charge in [-0.15, -0.1) is 0 Å². The van der Waals surface area contributed by atoms with Gasteiger partial charge in [0.25, 0.3) is 10.0 Å². The second-order valence-electron chi connectivity index (χ2n) is 4.47. The van der Waals surface area contributed by atoms with E-state index in [2.05, 4.69) is 14.7 Å². The Morgan fingerprint density at radius 2 is 2.05 bits per heavy atom. The number of sulfonamides is 1. The minimum atomic E-state index is -3.72. The van der Waals surface area contributed by atoms with Crippen LogP contribution in [0.5, 0.6) is 0 Å². The van der Waals surface area contributed by atoms with Gasteiger partial charge in [0.05, 0.1) is 22.6 Å². The fourth-order valence-corrected chi connectivity index (χ4v) is 3.17. The van der Waals surface area contributed by atoms with E-state index >= 15 is 0 Å². The molecule has 2 N–H and O–H groups in total. The van der Waals surface area contributed by atoms with Gasteiger partial charge in [-0.2, -0.15) is 8.42 Å². The molecule has 108 valence electrons. The third kappa shape index (κ3) is 2.88. The van der Waals surface area contributed by atoms with Crippen molar-refractivity contribution in [3.8, 4) is 0 Å². The summed E-state index contributed by atoms with van der Waals surface area (Å²) in [6, 6.07) is 5.04. The van der Waals surface area contributed by atoms with Crippen LogP contribution in [-0.4, -0.2) is 32.5 Å². The van der Waals surface area contributed by atoms with Gasteiger partial charge in [-0.1, -0.05) is 17.7 Å². The van der Waals surface area contributed by atoms with E-state index < -0.39 is 10.0 Å². The number of imidazole rings is 1. The van der Waals surface area contributed by atoms with Crippen LogP contribution in [0.25, 0.3) is 0 Å². The molecule has 0 fully saturated rings. The zero-order valence-corrected chi connectivity index (χ0v) is 12.9. The standard InChI is InChI=1S/C12H15ClN4O2S/c1-8-14-7-11(15-8)20(18,19)16-10-6-4-5-9(13)12(10)17(2)3/h4-7,16H,1-3H3,(H,14,15). The van der Waals surface area contributed by atoms with Crippen molar-refractivity contribution in [2.24, 2.45) is 0 Å². The number of hydrogen-bond donors (Lipinski definition) is 2. The van der Waals surface area contributed by atoms with Crippen LogP contribution < -0.4 is 9.62 Å². The van der Waals surface area contributed by atoms with Crippen molar-refractivity contribution in [3.05, 3.63) is 35.2 Å². The Hall–Kier alpha value is -1.73. The van der Waals surface area contributed by atoms with E-state index in [1.165, 1.54) is 6.20 Å². The van der Waals surface area contributed by atoms with Crippen LogP contribution in [0.15, 0.2) is 29.4 Å². The molecule has 0 spiro atoms. The quantitative estimate of drug-likeness (QED) is 0.907. The molecule has 8 heteroatoms. The van der Waals surface area contributed by atoms with Crippen LogP contribution in [0, 0.1) is 6.92 Å². The van der Waals surface area contributed by atoms with E-state index in [4.69, 9.17) is 11.6 Å². The molecule has 2 rings (SSSR count). The lowest BCUT2D eigenvalue weighted by atomic mass is 10.2. The van der Waals surface area contributed by atoms with Gasteiger partial charge in [0.1, 0.15) is 5.82 Å². The van der Waals surface area contributed by atoms with Gasteiger partial charge in [0.2, 0.25) is 0 Å². The lowest BCUT2D eigenvalue weighted by Gasteiger charge is -2.19. The highest BCUT2D eigenvalue weighted by molar-refractivity contribution is 7.92. The molecule has 0 atom stereocenters. The molecule has 0 aliphatic rings. The zero-order valence-electron chi connectivity index (χ0n) is 11.3. The molecule has 0 unspecified atom stereocenters. The van der Waals surface area contributed by atoms with Crippen molar-refractivity contribution < 1.29 is 8.42 Å². The number of aryl methyl sites for hydroxylation is 1. The number of H-pyrrole nitrogens is 1. The molecule has 0 bridgehead atoms. The van der Waals surface area contributed by atoms with Crippen LogP contribution >= 0.6 is 11.6 Å². The maximum atomic E-state index is 12.3. The van der Waals surface area contributed by atoms with E-state index in [0.717, 1.165) is 0 Å². The fourth-order valence-electron chi connectivity index (χ4n) is 1.79. The molecular weight excluding hydrogens is 300 g/mol. The largest absolute Gasteiger partial charge is 0.375 e. The number of halogens is 1. The van der Waals surface area contributed by atoms with Crippen LogP contribution in [0.3, 0.4) is 0 Å². The summed E-state index contributed by atoms with van der Waals surface area (Å²) >= 11 is 6.11. The van der Waals surface area contributed by atoms with Gasteiger partial charge < -0.3 is 9.88 Å². The monoisotopic (exact) mass is 314 g/mol. The number of rotatable bonds is 4. The molecule has 1 heterocycles. The number of nitrogens with zero attached hydrogens (tertiary/aromatic N) is 2. The van der Waals surface area contributed by atoms with Crippen molar-refractivity contribution in [2.75, 3.05) is 23.7 Å². The smallest absolute Gasteiger partial charge is 0.279 e. The molecule has 0 aliphatic heterocycles. The Labute approximate surface area is 122 Å². The average molecular weight is 315 g/mol. The fraction of sp³-hybridized carbons (Fsp3) is 0.250. The number of hydrogen-bond acceptors (Lipinski definition) is 4. The highest BCUT2D eigenvalue weighted by Crippen LogP contribution is 2.33. The number of benzene rings is 1. The predicted molar refractivity (Wildman–Crippen MR) is 79.9 cm³/mol. The summed E-state index contributed by atoms with van der Waals surface area (Å²) in [6.45, 7) is 1.68. The van der Waals surface area contributed by atoms with Crippen molar-refractivity contribution >= 4 is 33.0 Å². The molecule has 0 saturated carbocycles. The van der Waals surface area contributed by atoms with Crippen LogP contribution in [0.4, 0.5) is 11.4 Å². The van der Waals surface area contributed by atoms with Gasteiger partial charge in [-0.05, 0) is 19.1 Å². The van der Waals surface area contributed by atoms with Gasteiger partial charge in [-0.3, -0.25) is 4.72 Å². The second-order valence-corrected chi connectivity index (χ2v) is 6.53. The summed E-state index contributed by atoms with van der Waals surface area (Å²) in [7, 11) is -0.137. The Morgan fingerprint density at radius 1 is 1.35 bits per heavy atom. The summed E-state index contributed by atoms with van der Waals surface area (Å²) in [6.07, 6.45) is 1.28. The van der Waals surface area contributed by atoms with E-state index in [1.807, 2.05) is 0 Å². The van der Waals surface area contributed by atoms with E-state index in [-0.39, 0.29) is 5.03 Å². The summed E-state index contributed by atoms with van der Waals surface area (Å²) in [4.78, 5) is 8.33. The SMILES string of the molecule is Cc1ncc(S(=O)(=O)Nc2cccc(Cl)c2N(C)C)[nH]1. The van der Waals surface area contributed by atoms with Crippen LogP contribution in [0.2, 0.25) is 5.02 Å². The lowest BCUT2D eigenvalue weighted by molar-refractivity contribution is 0.598. The molecule has 0 radical (unpaired) electrons. The number of aromatic amines is 1. The normalized spacial score (nSPS) is 11.4. The van der Waals surface area contributed by atoms with Crippen molar-refractivity contribution in [1.29, 1.82) is 0 Å². The summed E-state index contributed by atoms with van der Waals surface area (Å²) in [5.41, 5.74) is 1.02. The summed E-state index contributed by atoms with van der Waals surface area (Å²) < 4.78 is 27.0. The minimum absolute atomic E-state index is 0.0136. The molecule has 0 saturated heterocycles. The van der Waals surface area contributed by atoms with Crippen molar-refractivity contribution in [1.82, 2.24) is 9.97 Å². The first-order valence-corrected chi connectivity index (χ1v) is 7.67. The van der Waals surface area contributed by atoms with E-state index in [9.17, 15) is 8.42 Å². The third-order valence-electron chi connectivity index (χ3n) is 2.65. The number of nitrogens with one attached hydrogen (secondary N) is 2. The predicted octanol–water partition coefficient (Wildman–Crippen LogP) is 2.24. The Bertz CT molecular complexity index is 725. The van der Waals surface area contributed by atoms with Gasteiger partial charge in [-0.25, -0.2) is 4.98 Å². The lowest BCUT2D eigenvalue weighted by Crippen LogP contribution is -2.17. The summed E-state index contributed by atoms with van der Waals surface area (Å²) in [5.74, 6) is 0.532. The van der Waals surface area contributed by atoms with E-state index in [0.29, 0.717) is 22.2 Å². The highest BCUT2D eigenvalue weighted by atomic mass is 35.5. The maximum absolute atomic E-state index is 12.3. The molecule has 20 heavy (non-hydrogen) atoms. The molecular formula is C12H15ClN4O2S. The highest BCUT2D eigenvalue weighted by Gasteiger charge is 2.19. The van der Waals surface area contributed by atoms with Crippen molar-refractivity contribution in [3.63, 3.8) is 0 Å². The van der Waals surface area contributed by atoms with Crippen LogP contribution in [-0.2, 0) is 10.0 Å².